The van der Waals surface area contributed by atoms with E-state index in [0.29, 0.717) is 11.8 Å². The van der Waals surface area contributed by atoms with Gasteiger partial charge in [0.1, 0.15) is 0 Å². The monoisotopic (exact) mass is 449 g/mol. The van der Waals surface area contributed by atoms with E-state index in [1.54, 1.807) is 0 Å². The zero-order chi connectivity index (χ0) is 23.4. The van der Waals surface area contributed by atoms with Gasteiger partial charge in [-0.2, -0.15) is 0 Å². The number of nitrogens with zero attached hydrogens (tertiary/aromatic N) is 1. The van der Waals surface area contributed by atoms with Crippen LogP contribution in [0.4, 0.5) is 5.69 Å². The molecule has 0 saturated heterocycles. The Hall–Kier alpha value is -3.53. The number of fused-ring (bicyclic) bond motifs is 6. The fourth-order valence-electron chi connectivity index (χ4n) is 6.09. The normalized spacial score (nSPS) is 21.0. The zero-order valence-corrected chi connectivity index (χ0v) is 20.0. The molecule has 6 rings (SSSR count). The number of carbonyl (C=O) groups is 1. The molecular formula is C30H31N3O. The highest BCUT2D eigenvalue weighted by molar-refractivity contribution is 6.08. The molecule has 4 nitrogen and oxygen atoms in total. The van der Waals surface area contributed by atoms with E-state index in [1.807, 2.05) is 26.0 Å². The van der Waals surface area contributed by atoms with Crippen molar-refractivity contribution < 1.29 is 4.79 Å². The number of hydrogen-bond donors (Lipinski definition) is 2. The Balaban J connectivity index is 1.48. The van der Waals surface area contributed by atoms with Gasteiger partial charge < -0.3 is 15.2 Å². The van der Waals surface area contributed by atoms with E-state index in [2.05, 4.69) is 82.8 Å². The van der Waals surface area contributed by atoms with Gasteiger partial charge in [-0.25, -0.2) is 0 Å². The van der Waals surface area contributed by atoms with E-state index in [1.165, 1.54) is 32.9 Å². The van der Waals surface area contributed by atoms with Gasteiger partial charge in [0.2, 0.25) is 0 Å². The molecule has 3 aromatic carbocycles. The molecule has 0 bridgehead atoms. The highest BCUT2D eigenvalue weighted by Crippen LogP contribution is 2.51. The van der Waals surface area contributed by atoms with Crippen molar-refractivity contribution in [3.05, 3.63) is 89.5 Å². The summed E-state index contributed by atoms with van der Waals surface area (Å²) in [5.41, 5.74) is 6.80. The number of allylic oxidation sites excluding steroid dienone is 2. The van der Waals surface area contributed by atoms with Crippen molar-refractivity contribution in [1.29, 1.82) is 0 Å². The number of hydrogen-bond acceptors (Lipinski definition) is 2. The third kappa shape index (κ3) is 3.16. The van der Waals surface area contributed by atoms with Crippen LogP contribution < -0.4 is 10.6 Å². The Kier molecular flexibility index (Phi) is 4.98. The van der Waals surface area contributed by atoms with Crippen LogP contribution in [-0.2, 0) is 6.54 Å². The van der Waals surface area contributed by atoms with Crippen molar-refractivity contribution in [3.8, 4) is 0 Å². The van der Waals surface area contributed by atoms with Gasteiger partial charge in [-0.3, -0.25) is 4.79 Å². The first-order chi connectivity index (χ1) is 16.6. The summed E-state index contributed by atoms with van der Waals surface area (Å²) in [5, 5.41) is 9.51. The van der Waals surface area contributed by atoms with E-state index in [0.717, 1.165) is 24.2 Å². The van der Waals surface area contributed by atoms with Crippen molar-refractivity contribution in [2.75, 3.05) is 5.32 Å². The minimum atomic E-state index is -0.0139. The van der Waals surface area contributed by atoms with Crippen LogP contribution in [-0.4, -0.2) is 16.5 Å². The van der Waals surface area contributed by atoms with E-state index in [-0.39, 0.29) is 18.0 Å². The summed E-state index contributed by atoms with van der Waals surface area (Å²) in [6.45, 7) is 7.15. The summed E-state index contributed by atoms with van der Waals surface area (Å²) >= 11 is 0. The highest BCUT2D eigenvalue weighted by Gasteiger charge is 2.39. The second kappa shape index (κ2) is 8.05. The molecule has 2 aliphatic rings. The fraction of sp³-hybridized carbons (Fsp3) is 0.300. The minimum Gasteiger partial charge on any atom is -0.377 e. The largest absolute Gasteiger partial charge is 0.377 e. The number of rotatable bonds is 4. The SMILES string of the molecule is CCn1c2ccccc2c2cc(C3Nc4c(C(=O)NC(C)C)cccc4C4C=CCC43)ccc21. The quantitative estimate of drug-likeness (QED) is 0.337. The van der Waals surface area contributed by atoms with Crippen molar-refractivity contribution in [1.82, 2.24) is 9.88 Å². The maximum absolute atomic E-state index is 13.0. The van der Waals surface area contributed by atoms with Crippen LogP contribution in [0.25, 0.3) is 21.8 Å². The number of nitrogens with one attached hydrogen (secondary N) is 2. The Bertz CT molecular complexity index is 1440. The molecule has 0 saturated carbocycles. The molecule has 0 fully saturated rings. The Morgan fingerprint density at radius 2 is 1.88 bits per heavy atom. The minimum absolute atomic E-state index is 0.0139. The van der Waals surface area contributed by atoms with E-state index in [9.17, 15) is 4.79 Å². The van der Waals surface area contributed by atoms with Crippen molar-refractivity contribution in [2.24, 2.45) is 5.92 Å². The summed E-state index contributed by atoms with van der Waals surface area (Å²) < 4.78 is 2.40. The predicted molar refractivity (Wildman–Crippen MR) is 141 cm³/mol. The first-order valence-corrected chi connectivity index (χ1v) is 12.4. The molecule has 1 aliphatic heterocycles. The first kappa shape index (κ1) is 21.0. The average Bonchev–Trinajstić information content (AvgIpc) is 3.45. The van der Waals surface area contributed by atoms with E-state index < -0.39 is 0 Å². The van der Waals surface area contributed by atoms with Crippen LogP contribution in [0.2, 0.25) is 0 Å². The van der Waals surface area contributed by atoms with Gasteiger partial charge in [0.15, 0.2) is 0 Å². The van der Waals surface area contributed by atoms with Gasteiger partial charge >= 0.3 is 0 Å². The van der Waals surface area contributed by atoms with E-state index in [4.69, 9.17) is 0 Å². The van der Waals surface area contributed by atoms with Crippen LogP contribution in [0.15, 0.2) is 72.8 Å². The topological polar surface area (TPSA) is 46.1 Å². The van der Waals surface area contributed by atoms with Gasteiger partial charge in [0.25, 0.3) is 5.91 Å². The highest BCUT2D eigenvalue weighted by atomic mass is 16.1. The molecule has 3 atom stereocenters. The number of carbonyl (C=O) groups excluding carboxylic acids is 1. The van der Waals surface area contributed by atoms with Crippen molar-refractivity contribution in [2.45, 2.75) is 51.7 Å². The summed E-state index contributed by atoms with van der Waals surface area (Å²) in [7, 11) is 0. The smallest absolute Gasteiger partial charge is 0.253 e. The van der Waals surface area contributed by atoms with E-state index >= 15 is 0 Å². The number of aromatic nitrogens is 1. The van der Waals surface area contributed by atoms with Crippen LogP contribution in [0.3, 0.4) is 0 Å². The van der Waals surface area contributed by atoms with Gasteiger partial charge in [0, 0.05) is 40.3 Å². The molecule has 1 aliphatic carbocycles. The number of aryl methyl sites for hydroxylation is 1. The van der Waals surface area contributed by atoms with Crippen molar-refractivity contribution >= 4 is 33.4 Å². The molecule has 34 heavy (non-hydrogen) atoms. The second-order valence-corrected chi connectivity index (χ2v) is 9.91. The lowest BCUT2D eigenvalue weighted by Crippen LogP contribution is -2.34. The fourth-order valence-corrected chi connectivity index (χ4v) is 6.09. The molecule has 4 heteroatoms. The lowest BCUT2D eigenvalue weighted by atomic mass is 9.76. The molecule has 2 N–H and O–H groups in total. The number of para-hydroxylation sites is 2. The van der Waals surface area contributed by atoms with Gasteiger partial charge in [-0.05, 0) is 68.5 Å². The van der Waals surface area contributed by atoms with Crippen molar-refractivity contribution in [3.63, 3.8) is 0 Å². The summed E-state index contributed by atoms with van der Waals surface area (Å²) in [5.74, 6) is 0.744. The van der Waals surface area contributed by atoms with Crippen LogP contribution in [0.1, 0.15) is 60.6 Å². The second-order valence-electron chi connectivity index (χ2n) is 9.91. The molecule has 4 aromatic rings. The maximum atomic E-state index is 13.0. The molecule has 0 radical (unpaired) electrons. The summed E-state index contributed by atoms with van der Waals surface area (Å²) in [6.07, 6.45) is 5.68. The lowest BCUT2D eigenvalue weighted by Gasteiger charge is -2.38. The molecule has 1 amide bonds. The molecule has 2 heterocycles. The summed E-state index contributed by atoms with van der Waals surface area (Å²) in [4.78, 5) is 13.0. The first-order valence-electron chi connectivity index (χ1n) is 12.4. The van der Waals surface area contributed by atoms with Crippen LogP contribution in [0, 0.1) is 5.92 Å². The Labute approximate surface area is 200 Å². The molecule has 0 spiro atoms. The Morgan fingerprint density at radius 3 is 2.71 bits per heavy atom. The van der Waals surface area contributed by atoms with Gasteiger partial charge in [0.05, 0.1) is 17.3 Å². The average molecular weight is 450 g/mol. The van der Waals surface area contributed by atoms with Crippen LogP contribution in [0.5, 0.6) is 0 Å². The molecular weight excluding hydrogens is 418 g/mol. The predicted octanol–water partition coefficient (Wildman–Crippen LogP) is 6.78. The number of benzene rings is 3. The number of amides is 1. The lowest BCUT2D eigenvalue weighted by molar-refractivity contribution is 0.0943. The third-order valence-electron chi connectivity index (χ3n) is 7.53. The summed E-state index contributed by atoms with van der Waals surface area (Å²) in [6, 6.07) is 22.0. The maximum Gasteiger partial charge on any atom is 0.253 e. The molecule has 172 valence electrons. The molecule has 3 unspecified atom stereocenters. The standard InChI is InChI=1S/C30H31N3O/c1-4-33-26-14-6-5-9-21(26)25-17-19(15-16-27(25)33)28-22-11-7-10-20(22)23-12-8-13-24(29(23)32-28)30(34)31-18(2)3/h5-10,12-18,20,22,28,32H,4,11H2,1-3H3,(H,31,34). The van der Waals surface area contributed by atoms with Crippen LogP contribution >= 0.6 is 0 Å². The van der Waals surface area contributed by atoms with Gasteiger partial charge in [-0.15, -0.1) is 0 Å². The number of anilines is 1. The molecule has 1 aromatic heterocycles. The third-order valence-corrected chi connectivity index (χ3v) is 7.53. The zero-order valence-electron chi connectivity index (χ0n) is 20.0. The van der Waals surface area contributed by atoms with Gasteiger partial charge in [-0.1, -0.05) is 48.6 Å². The Morgan fingerprint density at radius 1 is 1.06 bits per heavy atom.